The van der Waals surface area contributed by atoms with Crippen molar-refractivity contribution in [2.75, 3.05) is 7.11 Å². The normalized spacial score (nSPS) is 19.1. The molecule has 2 saturated carbocycles. The van der Waals surface area contributed by atoms with Gasteiger partial charge >= 0.3 is 5.97 Å². The van der Waals surface area contributed by atoms with Crippen LogP contribution in [0.15, 0.2) is 18.2 Å². The van der Waals surface area contributed by atoms with E-state index in [1.165, 1.54) is 37.0 Å². The van der Waals surface area contributed by atoms with Crippen molar-refractivity contribution in [3.63, 3.8) is 0 Å². The van der Waals surface area contributed by atoms with Crippen molar-refractivity contribution >= 4 is 27.4 Å². The van der Waals surface area contributed by atoms with E-state index in [1.54, 1.807) is 7.11 Å². The zero-order valence-corrected chi connectivity index (χ0v) is 16.8. The van der Waals surface area contributed by atoms with E-state index in [0.717, 1.165) is 54.4 Å². The first-order valence-corrected chi connectivity index (χ1v) is 11.0. The van der Waals surface area contributed by atoms with Crippen LogP contribution in [-0.2, 0) is 4.74 Å². The average Bonchev–Trinajstić information content (AvgIpc) is 3.07. The van der Waals surface area contributed by atoms with E-state index in [-0.39, 0.29) is 18.2 Å². The van der Waals surface area contributed by atoms with Gasteiger partial charge in [0.2, 0.25) is 0 Å². The lowest BCUT2D eigenvalue weighted by Crippen LogP contribution is -2.23. The van der Waals surface area contributed by atoms with E-state index >= 15 is 0 Å². The Kier molecular flexibility index (Phi) is 5.86. The fourth-order valence-corrected chi connectivity index (χ4v) is 5.17. The van der Waals surface area contributed by atoms with Crippen LogP contribution in [0.4, 0.5) is 0 Å². The first-order chi connectivity index (χ1) is 13.2. The Balaban J connectivity index is 1.64. The van der Waals surface area contributed by atoms with Gasteiger partial charge in [-0.2, -0.15) is 0 Å². The summed E-state index contributed by atoms with van der Waals surface area (Å²) in [5.74, 6) is 1.25. The van der Waals surface area contributed by atoms with Gasteiger partial charge in [-0.05, 0) is 69.6 Å². The molecule has 4 rings (SSSR count). The van der Waals surface area contributed by atoms with E-state index in [1.807, 2.05) is 18.2 Å². The van der Waals surface area contributed by atoms with E-state index in [4.69, 9.17) is 14.2 Å². The van der Waals surface area contributed by atoms with E-state index in [0.29, 0.717) is 10.6 Å². The van der Waals surface area contributed by atoms with E-state index in [9.17, 15) is 4.79 Å². The summed E-state index contributed by atoms with van der Waals surface area (Å²) in [5, 5.41) is 0.959. The topological polar surface area (TPSA) is 44.8 Å². The third-order valence-electron chi connectivity index (χ3n) is 5.70. The predicted molar refractivity (Wildman–Crippen MR) is 108 cm³/mol. The van der Waals surface area contributed by atoms with Crippen molar-refractivity contribution in [2.45, 2.75) is 76.4 Å². The highest BCUT2D eigenvalue weighted by Crippen LogP contribution is 2.42. The molecule has 1 aromatic carbocycles. The monoisotopic (exact) mass is 388 g/mol. The number of hydrogen-bond acceptors (Lipinski definition) is 5. The number of esters is 1. The number of rotatable bonds is 5. The van der Waals surface area contributed by atoms with Crippen molar-refractivity contribution in [1.82, 2.24) is 0 Å². The van der Waals surface area contributed by atoms with Gasteiger partial charge in [0.05, 0.1) is 13.2 Å². The second kappa shape index (κ2) is 8.51. The molecule has 5 heteroatoms. The molecule has 0 unspecified atom stereocenters. The average molecular weight is 389 g/mol. The molecular weight excluding hydrogens is 360 g/mol. The highest BCUT2D eigenvalue weighted by Gasteiger charge is 2.27. The fraction of sp³-hybridized carbons (Fsp3) is 0.591. The molecule has 27 heavy (non-hydrogen) atoms. The van der Waals surface area contributed by atoms with Gasteiger partial charge in [-0.3, -0.25) is 0 Å². The Morgan fingerprint density at radius 1 is 0.963 bits per heavy atom. The minimum atomic E-state index is -0.229. The molecule has 0 spiro atoms. The third kappa shape index (κ3) is 4.23. The van der Waals surface area contributed by atoms with Crippen LogP contribution in [0.2, 0.25) is 0 Å². The number of fused-ring (bicyclic) bond motifs is 1. The molecule has 0 atom stereocenters. The molecule has 0 amide bonds. The van der Waals surface area contributed by atoms with Gasteiger partial charge in [0.25, 0.3) is 0 Å². The number of carbonyl (C=O) groups is 1. The zero-order chi connectivity index (χ0) is 18.6. The summed E-state index contributed by atoms with van der Waals surface area (Å²) in [6, 6.07) is 5.91. The van der Waals surface area contributed by atoms with Gasteiger partial charge in [0.15, 0.2) is 10.6 Å². The second-order valence-corrected chi connectivity index (χ2v) is 8.72. The largest absolute Gasteiger partial charge is 0.497 e. The Bertz CT molecular complexity index is 785. The van der Waals surface area contributed by atoms with Gasteiger partial charge in [0.1, 0.15) is 11.9 Å². The van der Waals surface area contributed by atoms with Crippen LogP contribution in [-0.4, -0.2) is 25.3 Å². The molecule has 0 aliphatic heterocycles. The maximum absolute atomic E-state index is 13.0. The van der Waals surface area contributed by atoms with Crippen molar-refractivity contribution in [1.29, 1.82) is 0 Å². The van der Waals surface area contributed by atoms with Crippen molar-refractivity contribution < 1.29 is 19.0 Å². The lowest BCUT2D eigenvalue weighted by atomic mass is 9.97. The summed E-state index contributed by atoms with van der Waals surface area (Å²) in [7, 11) is 1.66. The van der Waals surface area contributed by atoms with Gasteiger partial charge in [-0.1, -0.05) is 12.8 Å². The molecule has 0 N–H and O–H groups in total. The van der Waals surface area contributed by atoms with Crippen LogP contribution in [0.1, 0.15) is 73.9 Å². The summed E-state index contributed by atoms with van der Waals surface area (Å²) in [5.41, 5.74) is 0. The minimum Gasteiger partial charge on any atom is -0.497 e. The number of methoxy groups -OCH3 is 1. The number of ether oxygens (including phenoxy) is 3. The highest BCUT2D eigenvalue weighted by molar-refractivity contribution is 7.21. The molecule has 2 fully saturated rings. The van der Waals surface area contributed by atoms with Gasteiger partial charge < -0.3 is 14.2 Å². The maximum atomic E-state index is 13.0. The quantitative estimate of drug-likeness (QED) is 0.580. The standard InChI is InChI=1S/C22H28O4S/c1-24-17-12-13-19-18(14-17)20(25-15-8-4-2-5-9-15)21(27-19)22(23)26-16-10-6-3-7-11-16/h12-16H,2-11H2,1H3. The summed E-state index contributed by atoms with van der Waals surface area (Å²) in [4.78, 5) is 13.6. The first-order valence-electron chi connectivity index (χ1n) is 10.2. The van der Waals surface area contributed by atoms with Gasteiger partial charge in [0, 0.05) is 10.1 Å². The number of benzene rings is 1. The SMILES string of the molecule is COc1ccc2sc(C(=O)OC3CCCCC3)c(OC3CCCCC3)c2c1. The van der Waals surface area contributed by atoms with Crippen LogP contribution in [0.25, 0.3) is 10.1 Å². The fourth-order valence-electron chi connectivity index (χ4n) is 4.17. The van der Waals surface area contributed by atoms with E-state index in [2.05, 4.69) is 0 Å². The Labute approximate surface area is 164 Å². The van der Waals surface area contributed by atoms with Crippen LogP contribution in [0.5, 0.6) is 11.5 Å². The van der Waals surface area contributed by atoms with Crippen LogP contribution >= 0.6 is 11.3 Å². The van der Waals surface area contributed by atoms with Crippen LogP contribution < -0.4 is 9.47 Å². The molecular formula is C22H28O4S. The molecule has 0 bridgehead atoms. The predicted octanol–water partition coefficient (Wildman–Crippen LogP) is 6.11. The third-order valence-corrected chi connectivity index (χ3v) is 6.83. The molecule has 2 aliphatic rings. The smallest absolute Gasteiger partial charge is 0.352 e. The number of carbonyl (C=O) groups excluding carboxylic acids is 1. The zero-order valence-electron chi connectivity index (χ0n) is 16.0. The minimum absolute atomic E-state index is 0.0496. The van der Waals surface area contributed by atoms with Crippen molar-refractivity contribution in [3.8, 4) is 11.5 Å². The molecule has 1 aromatic heterocycles. The number of hydrogen-bond donors (Lipinski definition) is 0. The molecule has 4 nitrogen and oxygen atoms in total. The maximum Gasteiger partial charge on any atom is 0.352 e. The summed E-state index contributed by atoms with van der Waals surface area (Å²) in [6.45, 7) is 0. The Hall–Kier alpha value is -1.75. The van der Waals surface area contributed by atoms with Crippen LogP contribution in [0, 0.1) is 0 Å². The highest BCUT2D eigenvalue weighted by atomic mass is 32.1. The summed E-state index contributed by atoms with van der Waals surface area (Å²) >= 11 is 1.47. The van der Waals surface area contributed by atoms with Crippen molar-refractivity contribution in [2.24, 2.45) is 0 Å². The molecule has 146 valence electrons. The Morgan fingerprint density at radius 2 is 1.63 bits per heavy atom. The lowest BCUT2D eigenvalue weighted by molar-refractivity contribution is 0.0210. The van der Waals surface area contributed by atoms with Gasteiger partial charge in [-0.25, -0.2) is 4.79 Å². The molecule has 0 saturated heterocycles. The molecule has 0 radical (unpaired) electrons. The van der Waals surface area contributed by atoms with Crippen molar-refractivity contribution in [3.05, 3.63) is 23.1 Å². The van der Waals surface area contributed by atoms with Crippen LogP contribution in [0.3, 0.4) is 0 Å². The molecule has 2 aromatic rings. The molecule has 2 aliphatic carbocycles. The van der Waals surface area contributed by atoms with E-state index < -0.39 is 0 Å². The van der Waals surface area contributed by atoms with Gasteiger partial charge in [-0.15, -0.1) is 11.3 Å². The first kappa shape index (κ1) is 18.6. The second-order valence-electron chi connectivity index (χ2n) is 7.67. The summed E-state index contributed by atoms with van der Waals surface area (Å²) < 4.78 is 18.7. The number of thiophene rings is 1. The molecule has 1 heterocycles. The lowest BCUT2D eigenvalue weighted by Gasteiger charge is -2.24. The summed E-state index contributed by atoms with van der Waals surface area (Å²) in [6.07, 6.45) is 11.5. The Morgan fingerprint density at radius 3 is 2.30 bits per heavy atom.